The van der Waals surface area contributed by atoms with E-state index in [0.29, 0.717) is 12.2 Å². The molecule has 0 saturated heterocycles. The molecule has 0 aromatic heterocycles. The Kier molecular flexibility index (Phi) is 4.70. The van der Waals surface area contributed by atoms with Crippen molar-refractivity contribution in [2.45, 2.75) is 13.2 Å². The number of halogens is 1. The molecule has 0 amide bonds. The lowest BCUT2D eigenvalue weighted by molar-refractivity contribution is -0.384. The SMILES string of the molecule is Nc1c(COCc2ccc(Br)cc2)cccc1[N+](=O)[O-]. The molecule has 0 aliphatic carbocycles. The van der Waals surface area contributed by atoms with Gasteiger partial charge in [0, 0.05) is 16.1 Å². The average Bonchev–Trinajstić information content (AvgIpc) is 2.42. The molecule has 0 bridgehead atoms. The Balaban J connectivity index is 1.99. The van der Waals surface area contributed by atoms with Crippen molar-refractivity contribution in [3.8, 4) is 0 Å². The number of nitrogen functional groups attached to an aromatic ring is 1. The summed E-state index contributed by atoms with van der Waals surface area (Å²) in [7, 11) is 0. The van der Waals surface area contributed by atoms with Gasteiger partial charge in [-0.05, 0) is 17.7 Å². The number of para-hydroxylation sites is 1. The Labute approximate surface area is 124 Å². The molecular formula is C14H13BrN2O3. The van der Waals surface area contributed by atoms with Gasteiger partial charge >= 0.3 is 0 Å². The standard InChI is InChI=1S/C14H13BrN2O3/c15-12-6-4-10(5-7-12)8-20-9-11-2-1-3-13(14(11)16)17(18)19/h1-7H,8-9,16H2. The zero-order chi connectivity index (χ0) is 14.5. The second kappa shape index (κ2) is 6.49. The minimum Gasteiger partial charge on any atom is -0.393 e. The van der Waals surface area contributed by atoms with Gasteiger partial charge in [0.05, 0.1) is 18.1 Å². The van der Waals surface area contributed by atoms with E-state index in [9.17, 15) is 10.1 Å². The van der Waals surface area contributed by atoms with E-state index in [1.807, 2.05) is 24.3 Å². The molecular weight excluding hydrogens is 324 g/mol. The number of nitro benzene ring substituents is 1. The highest BCUT2D eigenvalue weighted by atomic mass is 79.9. The fourth-order valence-electron chi connectivity index (χ4n) is 1.74. The van der Waals surface area contributed by atoms with E-state index in [2.05, 4.69) is 15.9 Å². The van der Waals surface area contributed by atoms with Crippen LogP contribution in [0, 0.1) is 10.1 Å². The van der Waals surface area contributed by atoms with Crippen LogP contribution in [0.25, 0.3) is 0 Å². The van der Waals surface area contributed by atoms with E-state index in [0.717, 1.165) is 10.0 Å². The number of anilines is 1. The normalized spacial score (nSPS) is 10.4. The summed E-state index contributed by atoms with van der Waals surface area (Å²) in [4.78, 5) is 10.3. The third kappa shape index (κ3) is 3.55. The Bertz CT molecular complexity index is 614. The fourth-order valence-corrected chi connectivity index (χ4v) is 2.01. The van der Waals surface area contributed by atoms with Crippen molar-refractivity contribution in [1.29, 1.82) is 0 Å². The van der Waals surface area contributed by atoms with Crippen molar-refractivity contribution in [3.05, 3.63) is 68.2 Å². The van der Waals surface area contributed by atoms with Crippen LogP contribution in [0.4, 0.5) is 11.4 Å². The van der Waals surface area contributed by atoms with E-state index in [4.69, 9.17) is 10.5 Å². The Morgan fingerprint density at radius 2 is 1.85 bits per heavy atom. The van der Waals surface area contributed by atoms with Crippen molar-refractivity contribution in [2.24, 2.45) is 0 Å². The van der Waals surface area contributed by atoms with Crippen LogP contribution in [0.15, 0.2) is 46.9 Å². The number of hydrogen-bond acceptors (Lipinski definition) is 4. The molecule has 0 fully saturated rings. The molecule has 20 heavy (non-hydrogen) atoms. The van der Waals surface area contributed by atoms with Crippen LogP contribution < -0.4 is 5.73 Å². The third-order valence-electron chi connectivity index (χ3n) is 2.81. The monoisotopic (exact) mass is 336 g/mol. The van der Waals surface area contributed by atoms with Gasteiger partial charge in [0.1, 0.15) is 5.69 Å². The Morgan fingerprint density at radius 1 is 1.15 bits per heavy atom. The minimum absolute atomic E-state index is 0.0882. The zero-order valence-electron chi connectivity index (χ0n) is 10.6. The first-order valence-electron chi connectivity index (χ1n) is 5.92. The summed E-state index contributed by atoms with van der Waals surface area (Å²) in [5.74, 6) is 0. The molecule has 0 atom stereocenters. The first-order chi connectivity index (χ1) is 9.58. The summed E-state index contributed by atoms with van der Waals surface area (Å²) in [5, 5.41) is 10.8. The lowest BCUT2D eigenvalue weighted by atomic mass is 10.1. The van der Waals surface area contributed by atoms with Gasteiger partial charge in [-0.15, -0.1) is 0 Å². The van der Waals surface area contributed by atoms with E-state index < -0.39 is 4.92 Å². The van der Waals surface area contributed by atoms with Gasteiger partial charge in [-0.3, -0.25) is 10.1 Å². The average molecular weight is 337 g/mol. The number of rotatable bonds is 5. The summed E-state index contributed by atoms with van der Waals surface area (Å²) in [5.41, 5.74) is 7.47. The van der Waals surface area contributed by atoms with Gasteiger partial charge in [-0.2, -0.15) is 0 Å². The number of benzene rings is 2. The van der Waals surface area contributed by atoms with Gasteiger partial charge in [0.25, 0.3) is 5.69 Å². The van der Waals surface area contributed by atoms with Crippen LogP contribution in [-0.4, -0.2) is 4.92 Å². The molecule has 2 aromatic carbocycles. The van der Waals surface area contributed by atoms with E-state index in [-0.39, 0.29) is 18.0 Å². The topological polar surface area (TPSA) is 78.4 Å². The molecule has 0 aliphatic rings. The highest BCUT2D eigenvalue weighted by Crippen LogP contribution is 2.25. The van der Waals surface area contributed by atoms with Crippen molar-refractivity contribution in [2.75, 3.05) is 5.73 Å². The van der Waals surface area contributed by atoms with Crippen molar-refractivity contribution in [3.63, 3.8) is 0 Å². The van der Waals surface area contributed by atoms with Crippen molar-refractivity contribution >= 4 is 27.3 Å². The van der Waals surface area contributed by atoms with Crippen LogP contribution in [0.5, 0.6) is 0 Å². The molecule has 0 radical (unpaired) electrons. The predicted octanol–water partition coefficient (Wildman–Crippen LogP) is 3.66. The maximum absolute atomic E-state index is 10.8. The first-order valence-corrected chi connectivity index (χ1v) is 6.71. The fraction of sp³-hybridized carbons (Fsp3) is 0.143. The molecule has 104 valence electrons. The summed E-state index contributed by atoms with van der Waals surface area (Å²) < 4.78 is 6.55. The number of nitro groups is 1. The molecule has 2 N–H and O–H groups in total. The van der Waals surface area contributed by atoms with E-state index >= 15 is 0 Å². The van der Waals surface area contributed by atoms with Gasteiger partial charge in [0.15, 0.2) is 0 Å². The van der Waals surface area contributed by atoms with E-state index in [1.165, 1.54) is 6.07 Å². The second-order valence-electron chi connectivity index (χ2n) is 4.23. The van der Waals surface area contributed by atoms with Crippen LogP contribution >= 0.6 is 15.9 Å². The van der Waals surface area contributed by atoms with Gasteiger partial charge in [-0.25, -0.2) is 0 Å². The minimum atomic E-state index is -0.493. The predicted molar refractivity (Wildman–Crippen MR) is 80.1 cm³/mol. The van der Waals surface area contributed by atoms with E-state index in [1.54, 1.807) is 12.1 Å². The number of hydrogen-bond donors (Lipinski definition) is 1. The number of nitrogens with two attached hydrogens (primary N) is 1. The molecule has 2 rings (SSSR count). The summed E-state index contributed by atoms with van der Waals surface area (Å²) in [6.07, 6.45) is 0. The molecule has 0 spiro atoms. The van der Waals surface area contributed by atoms with Gasteiger partial charge < -0.3 is 10.5 Å². The van der Waals surface area contributed by atoms with Crippen molar-refractivity contribution < 1.29 is 9.66 Å². The van der Waals surface area contributed by atoms with Crippen LogP contribution in [0.2, 0.25) is 0 Å². The zero-order valence-corrected chi connectivity index (χ0v) is 12.2. The third-order valence-corrected chi connectivity index (χ3v) is 3.34. The molecule has 0 heterocycles. The molecule has 5 nitrogen and oxygen atoms in total. The summed E-state index contributed by atoms with van der Waals surface area (Å²) in [6, 6.07) is 12.5. The second-order valence-corrected chi connectivity index (χ2v) is 5.14. The lowest BCUT2D eigenvalue weighted by Crippen LogP contribution is -2.02. The lowest BCUT2D eigenvalue weighted by Gasteiger charge is -2.07. The number of nitrogens with zero attached hydrogens (tertiary/aromatic N) is 1. The van der Waals surface area contributed by atoms with Gasteiger partial charge in [0.2, 0.25) is 0 Å². The molecule has 6 heteroatoms. The van der Waals surface area contributed by atoms with Gasteiger partial charge in [-0.1, -0.05) is 40.2 Å². The van der Waals surface area contributed by atoms with Crippen LogP contribution in [0.3, 0.4) is 0 Å². The smallest absolute Gasteiger partial charge is 0.292 e. The number of ether oxygens (including phenoxy) is 1. The largest absolute Gasteiger partial charge is 0.393 e. The molecule has 0 aliphatic heterocycles. The maximum Gasteiger partial charge on any atom is 0.292 e. The highest BCUT2D eigenvalue weighted by Gasteiger charge is 2.13. The summed E-state index contributed by atoms with van der Waals surface area (Å²) in [6.45, 7) is 0.666. The first kappa shape index (κ1) is 14.5. The molecule has 0 unspecified atom stereocenters. The summed E-state index contributed by atoms with van der Waals surface area (Å²) >= 11 is 3.36. The van der Waals surface area contributed by atoms with Crippen LogP contribution in [0.1, 0.15) is 11.1 Å². The quantitative estimate of drug-likeness (QED) is 0.513. The Hall–Kier alpha value is -1.92. The molecule has 0 saturated carbocycles. The van der Waals surface area contributed by atoms with Crippen LogP contribution in [-0.2, 0) is 18.0 Å². The van der Waals surface area contributed by atoms with Crippen molar-refractivity contribution in [1.82, 2.24) is 0 Å². The highest BCUT2D eigenvalue weighted by molar-refractivity contribution is 9.10. The Morgan fingerprint density at radius 3 is 2.50 bits per heavy atom. The molecule has 2 aromatic rings. The maximum atomic E-state index is 10.8.